The van der Waals surface area contributed by atoms with E-state index in [1.807, 2.05) is 25.9 Å². The molecule has 6 nitrogen and oxygen atoms in total. The number of nitrogens with one attached hydrogen (secondary N) is 1. The number of aromatic nitrogens is 1. The van der Waals surface area contributed by atoms with Gasteiger partial charge in [-0.05, 0) is 64.5 Å². The van der Waals surface area contributed by atoms with Crippen molar-refractivity contribution in [3.05, 3.63) is 39.4 Å². The quantitative estimate of drug-likeness (QED) is 0.760. The summed E-state index contributed by atoms with van der Waals surface area (Å²) in [5, 5.41) is 13.5. The molecule has 0 radical (unpaired) electrons. The Bertz CT molecular complexity index is 927. The van der Waals surface area contributed by atoms with Crippen LogP contribution in [0.4, 0.5) is 4.39 Å². The number of pyridine rings is 1. The van der Waals surface area contributed by atoms with Crippen LogP contribution in [-0.2, 0) is 6.42 Å². The second-order valence-corrected chi connectivity index (χ2v) is 7.16. The van der Waals surface area contributed by atoms with Crippen LogP contribution in [0.5, 0.6) is 5.75 Å². The molecule has 0 saturated carbocycles. The van der Waals surface area contributed by atoms with Crippen molar-refractivity contribution in [2.75, 3.05) is 27.2 Å². The van der Waals surface area contributed by atoms with Gasteiger partial charge in [-0.25, -0.2) is 4.39 Å². The Morgan fingerprint density at radius 1 is 1.41 bits per heavy atom. The smallest absolute Gasteiger partial charge is 0.267 e. The first kappa shape index (κ1) is 21.2. The average Bonchev–Trinajstić information content (AvgIpc) is 2.57. The molecule has 1 aromatic carbocycles. The molecule has 0 saturated heterocycles. The summed E-state index contributed by atoms with van der Waals surface area (Å²) in [6.45, 7) is 3.07. The van der Waals surface area contributed by atoms with Gasteiger partial charge in [-0.2, -0.15) is 0 Å². The number of carbonyl (C=O) groups is 1. The van der Waals surface area contributed by atoms with Crippen molar-refractivity contribution >= 4 is 29.2 Å². The highest BCUT2D eigenvalue weighted by molar-refractivity contribution is 6.03. The molecule has 1 aliphatic heterocycles. The van der Waals surface area contributed by atoms with Crippen molar-refractivity contribution in [1.82, 2.24) is 14.8 Å². The van der Waals surface area contributed by atoms with Gasteiger partial charge in [0.2, 0.25) is 0 Å². The Labute approximate surface area is 163 Å². The third kappa shape index (κ3) is 3.94. The van der Waals surface area contributed by atoms with Gasteiger partial charge in [0.05, 0.1) is 5.52 Å². The number of hydrogen-bond donors (Lipinski definition) is 2. The topological polar surface area (TPSA) is 74.6 Å². The molecule has 0 aliphatic carbocycles. The van der Waals surface area contributed by atoms with E-state index in [-0.39, 0.29) is 29.4 Å². The number of aromatic hydroxyl groups is 1. The fourth-order valence-electron chi connectivity index (χ4n) is 3.57. The first-order valence-corrected chi connectivity index (χ1v) is 8.83. The van der Waals surface area contributed by atoms with Crippen LogP contribution in [0.25, 0.3) is 10.9 Å². The van der Waals surface area contributed by atoms with Gasteiger partial charge in [0.1, 0.15) is 17.1 Å². The van der Waals surface area contributed by atoms with Crippen LogP contribution in [0.3, 0.4) is 0 Å². The first-order chi connectivity index (χ1) is 12.3. The Hall–Kier alpha value is -2.12. The lowest BCUT2D eigenvalue weighted by Gasteiger charge is -2.26. The molecule has 1 amide bonds. The number of aryl methyl sites for hydroxylation is 1. The molecule has 2 heterocycles. The predicted octanol–water partition coefficient (Wildman–Crippen LogP) is 2.46. The van der Waals surface area contributed by atoms with E-state index in [0.29, 0.717) is 30.5 Å². The van der Waals surface area contributed by atoms with Crippen LogP contribution < -0.4 is 10.9 Å². The van der Waals surface area contributed by atoms with E-state index >= 15 is 0 Å². The summed E-state index contributed by atoms with van der Waals surface area (Å²) in [6.07, 6.45) is 2.03. The molecule has 8 heteroatoms. The molecule has 0 spiro atoms. The Morgan fingerprint density at radius 3 is 2.78 bits per heavy atom. The maximum absolute atomic E-state index is 14.0. The van der Waals surface area contributed by atoms with Gasteiger partial charge >= 0.3 is 0 Å². The molecule has 1 aliphatic rings. The lowest BCUT2D eigenvalue weighted by molar-refractivity contribution is 0.0947. The van der Waals surface area contributed by atoms with Crippen LogP contribution in [0.15, 0.2) is 16.9 Å². The van der Waals surface area contributed by atoms with Crippen molar-refractivity contribution in [3.8, 4) is 5.75 Å². The van der Waals surface area contributed by atoms with Gasteiger partial charge in [0, 0.05) is 18.0 Å². The number of halogens is 2. The van der Waals surface area contributed by atoms with Crippen LogP contribution in [0, 0.1) is 5.82 Å². The minimum Gasteiger partial charge on any atom is -0.506 e. The highest BCUT2D eigenvalue weighted by Crippen LogP contribution is 2.35. The van der Waals surface area contributed by atoms with Crippen molar-refractivity contribution in [1.29, 1.82) is 0 Å². The largest absolute Gasteiger partial charge is 0.506 e. The zero-order valence-electron chi connectivity index (χ0n) is 15.7. The summed E-state index contributed by atoms with van der Waals surface area (Å²) < 4.78 is 15.5. The molecule has 1 unspecified atom stereocenters. The summed E-state index contributed by atoms with van der Waals surface area (Å²) in [4.78, 5) is 27.5. The fourth-order valence-corrected chi connectivity index (χ4v) is 3.57. The zero-order chi connectivity index (χ0) is 19.0. The van der Waals surface area contributed by atoms with Gasteiger partial charge < -0.3 is 19.9 Å². The minimum atomic E-state index is -0.625. The van der Waals surface area contributed by atoms with Gasteiger partial charge in [-0.3, -0.25) is 9.59 Å². The molecule has 2 N–H and O–H groups in total. The third-order valence-electron chi connectivity index (χ3n) is 4.89. The average molecular weight is 398 g/mol. The Kier molecular flexibility index (Phi) is 6.49. The maximum atomic E-state index is 14.0. The molecule has 1 atom stereocenters. The molecular weight excluding hydrogens is 373 g/mol. The van der Waals surface area contributed by atoms with Crippen LogP contribution in [0.2, 0.25) is 0 Å². The number of rotatable bonds is 5. The van der Waals surface area contributed by atoms with Gasteiger partial charge in [-0.15, -0.1) is 12.4 Å². The zero-order valence-corrected chi connectivity index (χ0v) is 16.5. The van der Waals surface area contributed by atoms with E-state index in [2.05, 4.69) is 5.32 Å². The Morgan fingerprint density at radius 2 is 2.11 bits per heavy atom. The van der Waals surface area contributed by atoms with Crippen molar-refractivity contribution in [3.63, 3.8) is 0 Å². The highest BCUT2D eigenvalue weighted by Gasteiger charge is 2.28. The Balaban J connectivity index is 0.00000261. The van der Waals surface area contributed by atoms with Gasteiger partial charge in [-0.1, -0.05) is 0 Å². The standard InChI is InChI=1S/C19H24FN3O3.ClH/c1-11-5-6-12-9-13(20)10-14-16(12)23(11)19(26)15(17(14)24)18(25)21-7-4-8-22(2)3;/h9-11,24H,4-8H2,1-3H3,(H,21,25);1H. The van der Waals surface area contributed by atoms with Crippen LogP contribution in [0.1, 0.15) is 41.7 Å². The van der Waals surface area contributed by atoms with E-state index in [0.717, 1.165) is 13.0 Å². The monoisotopic (exact) mass is 397 g/mol. The predicted molar refractivity (Wildman–Crippen MR) is 106 cm³/mol. The van der Waals surface area contributed by atoms with Gasteiger partial charge in [0.25, 0.3) is 11.5 Å². The molecule has 148 valence electrons. The van der Waals surface area contributed by atoms with E-state index in [9.17, 15) is 19.1 Å². The van der Waals surface area contributed by atoms with Crippen molar-refractivity contribution < 1.29 is 14.3 Å². The molecule has 2 aromatic rings. The van der Waals surface area contributed by atoms with E-state index in [1.54, 1.807) is 0 Å². The summed E-state index contributed by atoms with van der Waals surface area (Å²) in [5.74, 6) is -1.55. The molecular formula is C19H25ClFN3O3. The number of hydrogen-bond acceptors (Lipinski definition) is 4. The second kappa shape index (κ2) is 8.27. The summed E-state index contributed by atoms with van der Waals surface area (Å²) in [6, 6.07) is 2.46. The highest BCUT2D eigenvalue weighted by atomic mass is 35.5. The minimum absolute atomic E-state index is 0. The van der Waals surface area contributed by atoms with Gasteiger partial charge in [0.15, 0.2) is 0 Å². The first-order valence-electron chi connectivity index (χ1n) is 8.83. The second-order valence-electron chi connectivity index (χ2n) is 7.16. The van der Waals surface area contributed by atoms with Crippen molar-refractivity contribution in [2.45, 2.75) is 32.2 Å². The molecule has 3 rings (SSSR count). The summed E-state index contributed by atoms with van der Waals surface area (Å²) >= 11 is 0. The molecule has 1 aromatic heterocycles. The fraction of sp³-hybridized carbons (Fsp3) is 0.474. The van der Waals surface area contributed by atoms with E-state index < -0.39 is 23.0 Å². The van der Waals surface area contributed by atoms with Crippen LogP contribution in [-0.4, -0.2) is 47.7 Å². The maximum Gasteiger partial charge on any atom is 0.267 e. The third-order valence-corrected chi connectivity index (χ3v) is 4.89. The lowest BCUT2D eigenvalue weighted by Crippen LogP contribution is -2.36. The molecule has 27 heavy (non-hydrogen) atoms. The number of benzene rings is 1. The van der Waals surface area contributed by atoms with Crippen molar-refractivity contribution in [2.24, 2.45) is 0 Å². The number of nitrogens with zero attached hydrogens (tertiary/aromatic N) is 2. The van der Waals surface area contributed by atoms with E-state index in [1.165, 1.54) is 16.7 Å². The van der Waals surface area contributed by atoms with Crippen LogP contribution >= 0.6 is 12.4 Å². The summed E-state index contributed by atoms with van der Waals surface area (Å²) in [5.41, 5.74) is 0.369. The summed E-state index contributed by atoms with van der Waals surface area (Å²) in [7, 11) is 3.86. The lowest BCUT2D eigenvalue weighted by atomic mass is 9.95. The molecule has 0 fully saturated rings. The normalized spacial score (nSPS) is 15.7. The number of carbonyl (C=O) groups excluding carboxylic acids is 1. The van der Waals surface area contributed by atoms with E-state index in [4.69, 9.17) is 0 Å². The SMILES string of the molecule is CC1CCc2cc(F)cc3c(O)c(C(=O)NCCCN(C)C)c(=O)n1c23.Cl. The molecule has 0 bridgehead atoms. The number of amides is 1.